The van der Waals surface area contributed by atoms with Gasteiger partial charge in [-0.2, -0.15) is 0 Å². The molecule has 3 rings (SSSR count). The van der Waals surface area contributed by atoms with Crippen molar-refractivity contribution in [2.24, 2.45) is 10.9 Å². The summed E-state index contributed by atoms with van der Waals surface area (Å²) in [4.78, 5) is 31.7. The van der Waals surface area contributed by atoms with Crippen molar-refractivity contribution in [2.75, 3.05) is 13.7 Å². The minimum atomic E-state index is -0.310. The third kappa shape index (κ3) is 4.68. The van der Waals surface area contributed by atoms with Gasteiger partial charge in [0.2, 0.25) is 5.91 Å². The number of amides is 1. The summed E-state index contributed by atoms with van der Waals surface area (Å²) in [5, 5.41) is 11.6. The van der Waals surface area contributed by atoms with Crippen LogP contribution in [0.3, 0.4) is 0 Å². The first-order valence-electron chi connectivity index (χ1n) is 9.51. The predicted octanol–water partition coefficient (Wildman–Crippen LogP) is 1.80. The van der Waals surface area contributed by atoms with Gasteiger partial charge in [-0.25, -0.2) is 0 Å². The highest BCUT2D eigenvalue weighted by atomic mass is 16.6. The van der Waals surface area contributed by atoms with Crippen LogP contribution in [0.2, 0.25) is 0 Å². The highest BCUT2D eigenvalue weighted by Crippen LogP contribution is 2.24. The molecule has 28 heavy (non-hydrogen) atoms. The Balaban J connectivity index is 1.56. The van der Waals surface area contributed by atoms with Gasteiger partial charge in [0.15, 0.2) is 0 Å². The van der Waals surface area contributed by atoms with Crippen molar-refractivity contribution in [1.29, 1.82) is 5.41 Å². The van der Waals surface area contributed by atoms with Gasteiger partial charge in [0, 0.05) is 24.6 Å². The van der Waals surface area contributed by atoms with Gasteiger partial charge in [-0.05, 0) is 24.8 Å². The molecule has 8 heteroatoms. The number of nitrogens with two attached hydrogens (primary N) is 1. The first-order valence-corrected chi connectivity index (χ1v) is 9.51. The Morgan fingerprint density at radius 2 is 2.04 bits per heavy atom. The molecule has 0 saturated carbocycles. The molecule has 1 amide bonds. The molecule has 2 heterocycles. The van der Waals surface area contributed by atoms with Gasteiger partial charge in [-0.1, -0.05) is 29.4 Å². The monoisotopic (exact) mass is 386 g/mol. The number of amidine groups is 1. The summed E-state index contributed by atoms with van der Waals surface area (Å²) in [6.07, 6.45) is 3.47. The van der Waals surface area contributed by atoms with Gasteiger partial charge in [0.05, 0.1) is 25.7 Å². The van der Waals surface area contributed by atoms with Crippen LogP contribution in [-0.4, -0.2) is 54.1 Å². The average Bonchev–Trinajstić information content (AvgIpc) is 3.16. The summed E-state index contributed by atoms with van der Waals surface area (Å²) in [5.41, 5.74) is 7.79. The second-order valence-electron chi connectivity index (χ2n) is 7.18. The number of likely N-dealkylation sites (tertiary alicyclic amines) is 1. The Morgan fingerprint density at radius 3 is 2.71 bits per heavy atom. The number of nitrogens with zero attached hydrogens (tertiary/aromatic N) is 2. The summed E-state index contributed by atoms with van der Waals surface area (Å²) in [6, 6.07) is 7.13. The number of rotatable bonds is 6. The van der Waals surface area contributed by atoms with Crippen LogP contribution < -0.4 is 5.73 Å². The molecule has 0 aromatic heterocycles. The Hall–Kier alpha value is -2.90. The Morgan fingerprint density at radius 1 is 1.29 bits per heavy atom. The van der Waals surface area contributed by atoms with E-state index >= 15 is 0 Å². The van der Waals surface area contributed by atoms with Crippen LogP contribution in [0.4, 0.5) is 0 Å². The van der Waals surface area contributed by atoms with Crippen molar-refractivity contribution < 1.29 is 19.2 Å². The number of carbonyl (C=O) groups is 2. The maximum absolute atomic E-state index is 12.8. The maximum atomic E-state index is 12.8. The molecule has 1 aromatic rings. The standard InChI is InChI=1S/C20H26N4O4/c1-27-19(26)10-15-4-2-3-9-24(15)18(25)12-16-11-17(23-28-16)13-5-7-14(8-6-13)20(21)22/h5-8,15-16H,2-4,9-12H2,1H3,(H3,21,22)/t15-,16-/m0/s1. The summed E-state index contributed by atoms with van der Waals surface area (Å²) in [5.74, 6) is -0.286. The first kappa shape index (κ1) is 19.9. The van der Waals surface area contributed by atoms with E-state index < -0.39 is 0 Å². The lowest BCUT2D eigenvalue weighted by atomic mass is 9.97. The van der Waals surface area contributed by atoms with Crippen LogP contribution in [0.25, 0.3) is 0 Å². The van der Waals surface area contributed by atoms with E-state index in [-0.39, 0.29) is 42.7 Å². The molecule has 2 aliphatic rings. The predicted molar refractivity (Wildman–Crippen MR) is 104 cm³/mol. The molecule has 1 fully saturated rings. The number of piperidine rings is 1. The smallest absolute Gasteiger partial charge is 0.307 e. The van der Waals surface area contributed by atoms with Gasteiger partial charge in [0.25, 0.3) is 0 Å². The fourth-order valence-electron chi connectivity index (χ4n) is 3.68. The molecule has 2 atom stereocenters. The normalized spacial score (nSPS) is 21.6. The van der Waals surface area contributed by atoms with E-state index in [1.165, 1.54) is 7.11 Å². The number of hydrogen-bond acceptors (Lipinski definition) is 6. The molecular weight excluding hydrogens is 360 g/mol. The lowest BCUT2D eigenvalue weighted by molar-refractivity contribution is -0.145. The minimum Gasteiger partial charge on any atom is -0.469 e. The third-order valence-corrected chi connectivity index (χ3v) is 5.24. The van der Waals surface area contributed by atoms with Crippen molar-refractivity contribution in [3.05, 3.63) is 35.4 Å². The fraction of sp³-hybridized carbons (Fsp3) is 0.500. The van der Waals surface area contributed by atoms with E-state index in [2.05, 4.69) is 5.16 Å². The first-order chi connectivity index (χ1) is 13.5. The number of esters is 1. The van der Waals surface area contributed by atoms with Crippen LogP contribution >= 0.6 is 0 Å². The second kappa shape index (κ2) is 8.86. The molecule has 2 aliphatic heterocycles. The largest absolute Gasteiger partial charge is 0.469 e. The molecule has 3 N–H and O–H groups in total. The lowest BCUT2D eigenvalue weighted by Crippen LogP contribution is -2.45. The number of nitrogen functional groups attached to an aromatic ring is 1. The Bertz CT molecular complexity index is 775. The van der Waals surface area contributed by atoms with Crippen molar-refractivity contribution in [3.8, 4) is 0 Å². The molecule has 150 valence electrons. The van der Waals surface area contributed by atoms with Gasteiger partial charge in [-0.15, -0.1) is 0 Å². The van der Waals surface area contributed by atoms with E-state index in [1.807, 2.05) is 12.1 Å². The molecule has 8 nitrogen and oxygen atoms in total. The fourth-order valence-corrected chi connectivity index (χ4v) is 3.68. The van der Waals surface area contributed by atoms with Crippen molar-refractivity contribution in [2.45, 2.75) is 50.7 Å². The minimum absolute atomic E-state index is 0.0121. The molecule has 0 spiro atoms. The Kier molecular flexibility index (Phi) is 6.28. The van der Waals surface area contributed by atoms with E-state index in [9.17, 15) is 9.59 Å². The summed E-state index contributed by atoms with van der Waals surface area (Å²) < 4.78 is 4.76. The van der Waals surface area contributed by atoms with Crippen molar-refractivity contribution in [1.82, 2.24) is 4.90 Å². The number of oxime groups is 1. The number of hydrogen-bond donors (Lipinski definition) is 2. The van der Waals surface area contributed by atoms with Crippen LogP contribution in [-0.2, 0) is 19.2 Å². The van der Waals surface area contributed by atoms with Crippen molar-refractivity contribution >= 4 is 23.4 Å². The molecular formula is C20H26N4O4. The molecule has 1 saturated heterocycles. The molecule has 1 aromatic carbocycles. The van der Waals surface area contributed by atoms with Gasteiger partial charge in [-0.3, -0.25) is 15.0 Å². The maximum Gasteiger partial charge on any atom is 0.307 e. The third-order valence-electron chi connectivity index (χ3n) is 5.24. The van der Waals surface area contributed by atoms with Crippen LogP contribution in [0.1, 0.15) is 49.7 Å². The average molecular weight is 386 g/mol. The molecule has 0 aliphatic carbocycles. The summed E-state index contributed by atoms with van der Waals surface area (Å²) in [6.45, 7) is 0.660. The second-order valence-corrected chi connectivity index (χ2v) is 7.18. The van der Waals surface area contributed by atoms with E-state index in [0.29, 0.717) is 18.5 Å². The number of methoxy groups -OCH3 is 1. The number of ether oxygens (including phenoxy) is 1. The zero-order valence-corrected chi connectivity index (χ0v) is 16.0. The van der Waals surface area contributed by atoms with Crippen LogP contribution in [0.5, 0.6) is 0 Å². The SMILES string of the molecule is COC(=O)C[C@@H]1CCCCN1C(=O)C[C@@H]1CC(c2ccc(C(=N)N)cc2)=NO1. The van der Waals surface area contributed by atoms with E-state index in [0.717, 1.165) is 30.5 Å². The molecule has 0 unspecified atom stereocenters. The number of nitrogens with one attached hydrogen (secondary N) is 1. The lowest BCUT2D eigenvalue weighted by Gasteiger charge is -2.35. The van der Waals surface area contributed by atoms with Crippen molar-refractivity contribution in [3.63, 3.8) is 0 Å². The van der Waals surface area contributed by atoms with Crippen LogP contribution in [0.15, 0.2) is 29.4 Å². The quantitative estimate of drug-likeness (QED) is 0.439. The number of benzene rings is 1. The molecule has 0 radical (unpaired) electrons. The molecule has 0 bridgehead atoms. The zero-order chi connectivity index (χ0) is 20.1. The van der Waals surface area contributed by atoms with Gasteiger partial charge < -0.3 is 20.2 Å². The number of carbonyl (C=O) groups excluding carboxylic acids is 2. The zero-order valence-electron chi connectivity index (χ0n) is 16.0. The van der Waals surface area contributed by atoms with E-state index in [4.69, 9.17) is 20.7 Å². The highest BCUT2D eigenvalue weighted by molar-refractivity contribution is 6.02. The van der Waals surface area contributed by atoms with Crippen LogP contribution in [0, 0.1) is 5.41 Å². The highest BCUT2D eigenvalue weighted by Gasteiger charge is 2.32. The summed E-state index contributed by atoms with van der Waals surface area (Å²) >= 11 is 0. The van der Waals surface area contributed by atoms with Gasteiger partial charge in [0.1, 0.15) is 11.9 Å². The van der Waals surface area contributed by atoms with E-state index in [1.54, 1.807) is 17.0 Å². The van der Waals surface area contributed by atoms with Gasteiger partial charge >= 0.3 is 5.97 Å². The topological polar surface area (TPSA) is 118 Å². The Labute approximate surface area is 164 Å². The summed E-state index contributed by atoms with van der Waals surface area (Å²) in [7, 11) is 1.37.